The van der Waals surface area contributed by atoms with Gasteiger partial charge in [0.25, 0.3) is 0 Å². The van der Waals surface area contributed by atoms with Crippen molar-refractivity contribution in [3.8, 4) is 11.3 Å². The van der Waals surface area contributed by atoms with Crippen molar-refractivity contribution in [1.82, 2.24) is 34.3 Å². The van der Waals surface area contributed by atoms with E-state index in [4.69, 9.17) is 4.98 Å². The second kappa shape index (κ2) is 5.80. The smallest absolute Gasteiger partial charge is 0.214 e. The molecule has 122 valence electrons. The van der Waals surface area contributed by atoms with Gasteiger partial charge in [0.05, 0.1) is 18.1 Å². The lowest BCUT2D eigenvalue weighted by Crippen LogP contribution is -2.04. The fraction of sp³-hybridized carbons (Fsp3) is 0.250. The molecule has 4 heterocycles. The molecule has 0 amide bonds. The average molecular weight is 322 g/mol. The van der Waals surface area contributed by atoms with Gasteiger partial charge in [0.15, 0.2) is 0 Å². The van der Waals surface area contributed by atoms with Crippen molar-refractivity contribution in [2.45, 2.75) is 20.4 Å². The number of nitrogens with one attached hydrogen (secondary N) is 2. The number of aromatic amines is 1. The summed E-state index contributed by atoms with van der Waals surface area (Å²) in [6, 6.07) is 3.80. The number of aromatic nitrogens is 7. The molecule has 4 rings (SSSR count). The molecule has 0 unspecified atom stereocenters. The molecule has 0 aromatic carbocycles. The molecule has 0 bridgehead atoms. The van der Waals surface area contributed by atoms with Crippen molar-refractivity contribution in [2.75, 3.05) is 5.32 Å². The van der Waals surface area contributed by atoms with Crippen LogP contribution in [0.5, 0.6) is 0 Å². The highest BCUT2D eigenvalue weighted by Crippen LogP contribution is 2.22. The summed E-state index contributed by atoms with van der Waals surface area (Å²) in [7, 11) is 0. The van der Waals surface area contributed by atoms with Crippen LogP contribution in [0.1, 0.15) is 13.8 Å². The zero-order valence-corrected chi connectivity index (χ0v) is 13.5. The van der Waals surface area contributed by atoms with Crippen LogP contribution in [0.15, 0.2) is 43.1 Å². The minimum atomic E-state index is 0.540. The molecule has 0 fully saturated rings. The Morgan fingerprint density at radius 2 is 2.21 bits per heavy atom. The van der Waals surface area contributed by atoms with E-state index in [1.54, 1.807) is 12.4 Å². The Kier molecular flexibility index (Phi) is 3.49. The first kappa shape index (κ1) is 14.4. The minimum absolute atomic E-state index is 0.540. The van der Waals surface area contributed by atoms with Crippen LogP contribution in [0.4, 0.5) is 11.8 Å². The molecule has 0 aliphatic rings. The summed E-state index contributed by atoms with van der Waals surface area (Å²) in [5, 5.41) is 14.5. The van der Waals surface area contributed by atoms with Gasteiger partial charge in [-0.1, -0.05) is 13.8 Å². The van der Waals surface area contributed by atoms with Gasteiger partial charge in [-0.25, -0.2) is 9.97 Å². The molecule has 0 radical (unpaired) electrons. The van der Waals surface area contributed by atoms with Crippen LogP contribution in [-0.4, -0.2) is 34.3 Å². The molecule has 0 spiro atoms. The molecule has 2 N–H and O–H groups in total. The maximum absolute atomic E-state index is 4.72. The van der Waals surface area contributed by atoms with Gasteiger partial charge in [-0.05, 0) is 5.92 Å². The number of fused-ring (bicyclic) bond motifs is 1. The van der Waals surface area contributed by atoms with Gasteiger partial charge in [0, 0.05) is 42.8 Å². The second-order valence-electron chi connectivity index (χ2n) is 6.06. The Bertz CT molecular complexity index is 948. The molecule has 24 heavy (non-hydrogen) atoms. The predicted octanol–water partition coefficient (Wildman–Crippen LogP) is 2.72. The van der Waals surface area contributed by atoms with Crippen molar-refractivity contribution >= 4 is 17.4 Å². The first-order chi connectivity index (χ1) is 11.7. The first-order valence-electron chi connectivity index (χ1n) is 7.82. The highest BCUT2D eigenvalue weighted by molar-refractivity contribution is 5.66. The molecule has 0 aliphatic heterocycles. The zero-order chi connectivity index (χ0) is 16.5. The lowest BCUT2D eigenvalue weighted by atomic mass is 10.2. The van der Waals surface area contributed by atoms with E-state index in [1.165, 1.54) is 0 Å². The number of imidazole rings is 1. The molecule has 0 aliphatic carbocycles. The normalized spacial score (nSPS) is 11.5. The first-order valence-corrected chi connectivity index (χ1v) is 7.82. The molecule has 8 nitrogen and oxygen atoms in total. The summed E-state index contributed by atoms with van der Waals surface area (Å²) in [6.45, 7) is 5.22. The van der Waals surface area contributed by atoms with Gasteiger partial charge < -0.3 is 5.32 Å². The summed E-state index contributed by atoms with van der Waals surface area (Å²) in [4.78, 5) is 9.10. The van der Waals surface area contributed by atoms with Gasteiger partial charge in [0.2, 0.25) is 5.95 Å². The topological polar surface area (TPSA) is 88.7 Å². The molecule has 4 aromatic rings. The fourth-order valence-corrected chi connectivity index (χ4v) is 2.58. The van der Waals surface area contributed by atoms with E-state index in [1.807, 2.05) is 39.8 Å². The van der Waals surface area contributed by atoms with Crippen molar-refractivity contribution in [2.24, 2.45) is 5.92 Å². The van der Waals surface area contributed by atoms with E-state index in [0.29, 0.717) is 11.9 Å². The van der Waals surface area contributed by atoms with Crippen molar-refractivity contribution < 1.29 is 0 Å². The largest absolute Gasteiger partial charge is 0.310 e. The molecular formula is C16H18N8. The van der Waals surface area contributed by atoms with Crippen LogP contribution in [0, 0.1) is 5.92 Å². The van der Waals surface area contributed by atoms with E-state index in [0.717, 1.165) is 29.3 Å². The van der Waals surface area contributed by atoms with Crippen molar-refractivity contribution in [3.63, 3.8) is 0 Å². The maximum atomic E-state index is 4.72. The quantitative estimate of drug-likeness (QED) is 0.590. The highest BCUT2D eigenvalue weighted by atomic mass is 15.3. The van der Waals surface area contributed by atoms with E-state index < -0.39 is 0 Å². The van der Waals surface area contributed by atoms with Crippen LogP contribution in [0.25, 0.3) is 16.9 Å². The third kappa shape index (κ3) is 2.73. The Morgan fingerprint density at radius 1 is 1.29 bits per heavy atom. The van der Waals surface area contributed by atoms with Crippen LogP contribution in [0.3, 0.4) is 0 Å². The number of hydrogen-bond acceptors (Lipinski definition) is 5. The number of rotatable bonds is 5. The Morgan fingerprint density at radius 3 is 3.00 bits per heavy atom. The lowest BCUT2D eigenvalue weighted by molar-refractivity contribution is 0.483. The molecule has 0 saturated carbocycles. The Labute approximate surface area is 138 Å². The zero-order valence-electron chi connectivity index (χ0n) is 13.5. The standard InChI is InChI=1S/C16H18N8/c1-11(2)9-23-10-12(8-19-23)13-7-15-17-5-6-24(15)16(20-13)21-14-3-4-18-22-14/h3-8,10-11H,9H2,1-2H3,(H2,18,20,21,22). The van der Waals surface area contributed by atoms with E-state index in [-0.39, 0.29) is 0 Å². The highest BCUT2D eigenvalue weighted by Gasteiger charge is 2.11. The number of hydrogen-bond donors (Lipinski definition) is 2. The second-order valence-corrected chi connectivity index (χ2v) is 6.06. The molecular weight excluding hydrogens is 304 g/mol. The SMILES string of the molecule is CC(C)Cn1cc(-c2cc3nccn3c(Nc3ccn[nH]3)n2)cn1. The minimum Gasteiger partial charge on any atom is -0.310 e. The summed E-state index contributed by atoms with van der Waals surface area (Å²) in [6.07, 6.45) is 9.16. The maximum Gasteiger partial charge on any atom is 0.214 e. The van der Waals surface area contributed by atoms with Crippen LogP contribution >= 0.6 is 0 Å². The number of nitrogens with zero attached hydrogens (tertiary/aromatic N) is 6. The average Bonchev–Trinajstić information content (AvgIpc) is 3.26. The van der Waals surface area contributed by atoms with E-state index in [2.05, 4.69) is 39.4 Å². The van der Waals surface area contributed by atoms with Crippen LogP contribution < -0.4 is 5.32 Å². The summed E-state index contributed by atoms with van der Waals surface area (Å²) in [5.41, 5.74) is 2.61. The predicted molar refractivity (Wildman–Crippen MR) is 90.9 cm³/mol. The Hall–Kier alpha value is -3.16. The van der Waals surface area contributed by atoms with E-state index in [9.17, 15) is 0 Å². The summed E-state index contributed by atoms with van der Waals surface area (Å²) in [5.74, 6) is 1.98. The van der Waals surface area contributed by atoms with Gasteiger partial charge in [-0.15, -0.1) is 0 Å². The molecule has 0 saturated heterocycles. The van der Waals surface area contributed by atoms with Gasteiger partial charge in [0.1, 0.15) is 11.5 Å². The third-order valence-corrected chi connectivity index (χ3v) is 3.62. The molecule has 8 heteroatoms. The monoisotopic (exact) mass is 322 g/mol. The van der Waals surface area contributed by atoms with Gasteiger partial charge in [-0.3, -0.25) is 14.2 Å². The van der Waals surface area contributed by atoms with Crippen molar-refractivity contribution in [3.05, 3.63) is 43.1 Å². The van der Waals surface area contributed by atoms with Crippen LogP contribution in [-0.2, 0) is 6.54 Å². The van der Waals surface area contributed by atoms with Crippen LogP contribution in [0.2, 0.25) is 0 Å². The summed E-state index contributed by atoms with van der Waals surface area (Å²) >= 11 is 0. The lowest BCUT2D eigenvalue weighted by Gasteiger charge is -2.08. The van der Waals surface area contributed by atoms with E-state index >= 15 is 0 Å². The molecule has 4 aromatic heterocycles. The van der Waals surface area contributed by atoms with Gasteiger partial charge in [-0.2, -0.15) is 10.2 Å². The summed E-state index contributed by atoms with van der Waals surface area (Å²) < 4.78 is 3.84. The third-order valence-electron chi connectivity index (χ3n) is 3.62. The van der Waals surface area contributed by atoms with Crippen molar-refractivity contribution in [1.29, 1.82) is 0 Å². The number of anilines is 2. The number of H-pyrrole nitrogens is 1. The molecule has 0 atom stereocenters. The Balaban J connectivity index is 1.74. The van der Waals surface area contributed by atoms with Gasteiger partial charge >= 0.3 is 0 Å². The fourth-order valence-electron chi connectivity index (χ4n) is 2.58.